The molecule has 2 aromatic carbocycles. The summed E-state index contributed by atoms with van der Waals surface area (Å²) in [4.78, 5) is 37.2. The second-order valence-electron chi connectivity index (χ2n) is 6.37. The van der Waals surface area contributed by atoms with Crippen molar-refractivity contribution < 1.29 is 23.9 Å². The lowest BCUT2D eigenvalue weighted by Crippen LogP contribution is -2.27. The van der Waals surface area contributed by atoms with E-state index in [4.69, 9.17) is 9.47 Å². The van der Waals surface area contributed by atoms with Gasteiger partial charge in [-0.15, -0.1) is 0 Å². The first-order valence-corrected chi connectivity index (χ1v) is 9.06. The van der Waals surface area contributed by atoms with Crippen LogP contribution in [0.4, 0.5) is 5.69 Å². The maximum atomic E-state index is 12.5. The van der Waals surface area contributed by atoms with Crippen LogP contribution in [0.2, 0.25) is 0 Å². The fraction of sp³-hybridized carbons (Fsp3) is 0.227. The van der Waals surface area contributed by atoms with E-state index in [2.05, 4.69) is 5.32 Å². The Morgan fingerprint density at radius 1 is 1.11 bits per heavy atom. The Labute approximate surface area is 163 Å². The number of Topliss-reactive ketones (excluding diaryl/α,β-unsaturated/α-hetero) is 2. The van der Waals surface area contributed by atoms with Crippen LogP contribution >= 0.6 is 0 Å². The van der Waals surface area contributed by atoms with Gasteiger partial charge >= 0.3 is 5.97 Å². The molecule has 0 aliphatic carbocycles. The second kappa shape index (κ2) is 8.52. The van der Waals surface area contributed by atoms with Crippen molar-refractivity contribution in [2.45, 2.75) is 26.4 Å². The normalized spacial score (nSPS) is 14.4. The molecule has 6 heteroatoms. The average Bonchev–Trinajstić information content (AvgIpc) is 3.08. The maximum absolute atomic E-state index is 12.5. The van der Waals surface area contributed by atoms with Crippen LogP contribution in [0.1, 0.15) is 29.8 Å². The molecule has 0 radical (unpaired) electrons. The van der Waals surface area contributed by atoms with Gasteiger partial charge in [0.1, 0.15) is 0 Å². The van der Waals surface area contributed by atoms with Gasteiger partial charge in [0.15, 0.2) is 18.3 Å². The van der Waals surface area contributed by atoms with Crippen molar-refractivity contribution in [1.82, 2.24) is 0 Å². The minimum absolute atomic E-state index is 0.0353. The third kappa shape index (κ3) is 4.28. The van der Waals surface area contributed by atoms with Crippen molar-refractivity contribution in [2.75, 3.05) is 11.9 Å². The predicted octanol–water partition coefficient (Wildman–Crippen LogP) is 3.29. The molecule has 28 heavy (non-hydrogen) atoms. The molecule has 0 fully saturated rings. The number of carbonyl (C=O) groups excluding carboxylic acids is 3. The highest BCUT2D eigenvalue weighted by Gasteiger charge is 2.34. The van der Waals surface area contributed by atoms with Gasteiger partial charge in [0.25, 0.3) is 0 Å². The van der Waals surface area contributed by atoms with Crippen LogP contribution in [-0.2, 0) is 25.5 Å². The monoisotopic (exact) mass is 379 g/mol. The van der Waals surface area contributed by atoms with Gasteiger partial charge in [-0.1, -0.05) is 49.4 Å². The zero-order valence-electron chi connectivity index (χ0n) is 15.7. The summed E-state index contributed by atoms with van der Waals surface area (Å²) < 4.78 is 10.5. The highest BCUT2D eigenvalue weighted by Crippen LogP contribution is 2.21. The molecule has 0 spiro atoms. The number of rotatable bonds is 7. The molecule has 144 valence electrons. The Kier molecular flexibility index (Phi) is 5.89. The van der Waals surface area contributed by atoms with Crippen molar-refractivity contribution in [1.29, 1.82) is 0 Å². The van der Waals surface area contributed by atoms with Crippen molar-refractivity contribution in [3.8, 4) is 0 Å². The van der Waals surface area contributed by atoms with E-state index in [1.54, 1.807) is 24.3 Å². The summed E-state index contributed by atoms with van der Waals surface area (Å²) in [6.07, 6.45) is -0.161. The molecule has 2 aromatic rings. The predicted molar refractivity (Wildman–Crippen MR) is 104 cm³/mol. The third-order valence-electron chi connectivity index (χ3n) is 4.39. The van der Waals surface area contributed by atoms with E-state index >= 15 is 0 Å². The van der Waals surface area contributed by atoms with Gasteiger partial charge in [0.05, 0.1) is 0 Å². The maximum Gasteiger partial charge on any atom is 0.348 e. The van der Waals surface area contributed by atoms with E-state index in [-0.39, 0.29) is 23.8 Å². The standard InChI is InChI=1S/C22H21NO5/c1-3-15-9-11-16(12-10-15)20(25)14(2)28-22(26)19-18(24)13-27-21(19)23-17-7-5-4-6-8-17/h4-12,14,23H,3,13H2,1-2H3/t14-/m1/s1. The molecule has 0 bridgehead atoms. The highest BCUT2D eigenvalue weighted by atomic mass is 16.6. The molecule has 0 aromatic heterocycles. The molecule has 0 saturated heterocycles. The number of ether oxygens (including phenoxy) is 2. The number of hydrogen-bond donors (Lipinski definition) is 1. The molecule has 1 atom stereocenters. The van der Waals surface area contributed by atoms with Crippen molar-refractivity contribution in [3.05, 3.63) is 77.2 Å². The summed E-state index contributed by atoms with van der Waals surface area (Å²) >= 11 is 0. The lowest BCUT2D eigenvalue weighted by molar-refractivity contribution is -0.142. The fourth-order valence-corrected chi connectivity index (χ4v) is 2.78. The first-order valence-electron chi connectivity index (χ1n) is 9.06. The Hall–Kier alpha value is -3.41. The number of anilines is 1. The molecule has 1 aliphatic rings. The summed E-state index contributed by atoms with van der Waals surface area (Å²) in [6.45, 7) is 3.26. The molecule has 1 aliphatic heterocycles. The van der Waals surface area contributed by atoms with E-state index in [0.29, 0.717) is 11.3 Å². The molecule has 0 saturated carbocycles. The minimum atomic E-state index is -1.03. The van der Waals surface area contributed by atoms with Gasteiger partial charge in [-0.2, -0.15) is 0 Å². The van der Waals surface area contributed by atoms with Crippen LogP contribution in [0, 0.1) is 0 Å². The average molecular weight is 379 g/mol. The lowest BCUT2D eigenvalue weighted by Gasteiger charge is -2.13. The van der Waals surface area contributed by atoms with Crippen LogP contribution in [0.5, 0.6) is 0 Å². The third-order valence-corrected chi connectivity index (χ3v) is 4.39. The lowest BCUT2D eigenvalue weighted by atomic mass is 10.0. The molecule has 1 N–H and O–H groups in total. The van der Waals surface area contributed by atoms with Crippen LogP contribution in [0.3, 0.4) is 0 Å². The Bertz CT molecular complexity index is 916. The molecule has 0 amide bonds. The van der Waals surface area contributed by atoms with Crippen LogP contribution in [-0.4, -0.2) is 30.2 Å². The summed E-state index contributed by atoms with van der Waals surface area (Å²) in [7, 11) is 0. The Morgan fingerprint density at radius 2 is 1.79 bits per heavy atom. The number of hydrogen-bond acceptors (Lipinski definition) is 6. The van der Waals surface area contributed by atoms with E-state index in [1.807, 2.05) is 37.3 Å². The Morgan fingerprint density at radius 3 is 2.43 bits per heavy atom. The summed E-state index contributed by atoms with van der Waals surface area (Å²) in [5.41, 5.74) is 2.00. The van der Waals surface area contributed by atoms with Crippen LogP contribution in [0.15, 0.2) is 66.1 Å². The van der Waals surface area contributed by atoms with Gasteiger partial charge in [-0.05, 0) is 31.0 Å². The fourth-order valence-electron chi connectivity index (χ4n) is 2.78. The van der Waals surface area contributed by atoms with Gasteiger partial charge in [0, 0.05) is 11.3 Å². The molecular weight excluding hydrogens is 358 g/mol. The molecular formula is C22H21NO5. The summed E-state index contributed by atoms with van der Waals surface area (Å²) in [6, 6.07) is 16.1. The number of nitrogens with one attached hydrogen (secondary N) is 1. The van der Waals surface area contributed by atoms with E-state index in [9.17, 15) is 14.4 Å². The van der Waals surface area contributed by atoms with Crippen molar-refractivity contribution >= 4 is 23.2 Å². The second-order valence-corrected chi connectivity index (χ2v) is 6.37. The zero-order valence-corrected chi connectivity index (χ0v) is 15.7. The summed E-state index contributed by atoms with van der Waals surface area (Å²) in [5, 5.41) is 2.90. The SMILES string of the molecule is CCc1ccc(C(=O)[C@@H](C)OC(=O)C2=C(Nc3ccccc3)OCC2=O)cc1. The number of carbonyl (C=O) groups is 3. The van der Waals surface area contributed by atoms with Crippen LogP contribution in [0.25, 0.3) is 0 Å². The van der Waals surface area contributed by atoms with Gasteiger partial charge in [0.2, 0.25) is 17.4 Å². The van der Waals surface area contributed by atoms with Crippen molar-refractivity contribution in [3.63, 3.8) is 0 Å². The number of aryl methyl sites for hydroxylation is 1. The van der Waals surface area contributed by atoms with Crippen LogP contribution < -0.4 is 5.32 Å². The minimum Gasteiger partial charge on any atom is -0.470 e. The largest absolute Gasteiger partial charge is 0.470 e. The number of ketones is 2. The first-order chi connectivity index (χ1) is 13.5. The summed E-state index contributed by atoms with van der Waals surface area (Å²) in [5.74, 6) is -1.67. The van der Waals surface area contributed by atoms with Crippen molar-refractivity contribution in [2.24, 2.45) is 0 Å². The molecule has 0 unspecified atom stereocenters. The number of para-hydroxylation sites is 1. The van der Waals surface area contributed by atoms with E-state index in [0.717, 1.165) is 12.0 Å². The number of esters is 1. The quantitative estimate of drug-likeness (QED) is 0.452. The Balaban J connectivity index is 1.73. The van der Waals surface area contributed by atoms with Gasteiger partial charge in [-0.3, -0.25) is 9.59 Å². The zero-order chi connectivity index (χ0) is 20.1. The first kappa shape index (κ1) is 19.4. The van der Waals surface area contributed by atoms with E-state index in [1.165, 1.54) is 6.92 Å². The van der Waals surface area contributed by atoms with Gasteiger partial charge < -0.3 is 14.8 Å². The molecule has 1 heterocycles. The highest BCUT2D eigenvalue weighted by molar-refractivity contribution is 6.20. The molecule has 6 nitrogen and oxygen atoms in total. The smallest absolute Gasteiger partial charge is 0.348 e. The van der Waals surface area contributed by atoms with E-state index < -0.39 is 17.9 Å². The number of benzene rings is 2. The topological polar surface area (TPSA) is 81.7 Å². The molecule has 3 rings (SSSR count). The van der Waals surface area contributed by atoms with Gasteiger partial charge in [-0.25, -0.2) is 4.79 Å².